The molecule has 2 aromatic rings. The number of nitrogens with one attached hydrogen (secondary N) is 1. The van der Waals surface area contributed by atoms with E-state index in [-0.39, 0.29) is 13.0 Å². The van der Waals surface area contributed by atoms with Gasteiger partial charge >= 0.3 is 12.1 Å². The molecule has 31 heavy (non-hydrogen) atoms. The van der Waals surface area contributed by atoms with Gasteiger partial charge in [-0.1, -0.05) is 60.7 Å². The van der Waals surface area contributed by atoms with E-state index in [1.165, 1.54) is 0 Å². The number of carbonyl (C=O) groups excluding carboxylic acids is 3. The summed E-state index contributed by atoms with van der Waals surface area (Å²) in [7, 11) is 0. The molecule has 0 saturated heterocycles. The first-order chi connectivity index (χ1) is 14.7. The average Bonchev–Trinajstić information content (AvgIpc) is 2.74. The highest BCUT2D eigenvalue weighted by Crippen LogP contribution is 2.13. The summed E-state index contributed by atoms with van der Waals surface area (Å²) in [5.41, 5.74) is 0.789. The summed E-state index contributed by atoms with van der Waals surface area (Å²) < 4.78 is 24.7. The van der Waals surface area contributed by atoms with Gasteiger partial charge in [0.2, 0.25) is 5.78 Å². The van der Waals surface area contributed by atoms with Crippen molar-refractivity contribution in [3.8, 4) is 0 Å². The number of hydrogen-bond acceptors (Lipinski definition) is 5. The summed E-state index contributed by atoms with van der Waals surface area (Å²) in [4.78, 5) is 36.9. The Morgan fingerprint density at radius 3 is 2.03 bits per heavy atom. The van der Waals surface area contributed by atoms with Crippen LogP contribution in [-0.4, -0.2) is 35.7 Å². The predicted molar refractivity (Wildman–Crippen MR) is 114 cm³/mol. The van der Waals surface area contributed by atoms with Gasteiger partial charge in [-0.3, -0.25) is 4.79 Å². The molecule has 6 nitrogen and oxygen atoms in total. The molecule has 2 rings (SSSR count). The van der Waals surface area contributed by atoms with Crippen LogP contribution in [0.2, 0.25) is 0 Å². The lowest BCUT2D eigenvalue weighted by molar-refractivity contribution is -0.155. The first-order valence-corrected chi connectivity index (χ1v) is 10.1. The number of carbonyl (C=O) groups is 3. The molecule has 1 amide bonds. The zero-order valence-corrected chi connectivity index (χ0v) is 18.0. The normalized spacial score (nSPS) is 13.0. The molecule has 0 heterocycles. The van der Waals surface area contributed by atoms with Gasteiger partial charge in [0.1, 0.15) is 12.2 Å². The number of halogens is 1. The second-order valence-corrected chi connectivity index (χ2v) is 8.08. The molecular weight excluding hydrogens is 401 g/mol. The van der Waals surface area contributed by atoms with Crippen molar-refractivity contribution in [1.82, 2.24) is 5.32 Å². The maximum absolute atomic E-state index is 14.6. The first kappa shape index (κ1) is 24.1. The molecule has 1 N–H and O–H groups in total. The molecule has 0 radical (unpaired) electrons. The Kier molecular flexibility index (Phi) is 8.73. The van der Waals surface area contributed by atoms with Crippen LogP contribution < -0.4 is 5.32 Å². The van der Waals surface area contributed by atoms with Crippen LogP contribution in [0.25, 0.3) is 0 Å². The summed E-state index contributed by atoms with van der Waals surface area (Å²) in [5, 5.41) is 2.39. The molecule has 1 unspecified atom stereocenters. The lowest BCUT2D eigenvalue weighted by atomic mass is 10.00. The van der Waals surface area contributed by atoms with Crippen LogP contribution in [0.4, 0.5) is 9.18 Å². The third-order valence-electron chi connectivity index (χ3n) is 4.28. The Bertz CT molecular complexity index is 865. The fourth-order valence-electron chi connectivity index (χ4n) is 2.79. The van der Waals surface area contributed by atoms with Crippen LogP contribution in [0.5, 0.6) is 0 Å². The van der Waals surface area contributed by atoms with E-state index < -0.39 is 35.7 Å². The minimum absolute atomic E-state index is 0.106. The van der Waals surface area contributed by atoms with E-state index in [9.17, 15) is 18.8 Å². The number of aryl methyl sites for hydroxylation is 1. The van der Waals surface area contributed by atoms with E-state index >= 15 is 0 Å². The van der Waals surface area contributed by atoms with E-state index in [2.05, 4.69) is 5.32 Å². The minimum atomic E-state index is -2.51. The van der Waals surface area contributed by atoms with Crippen LogP contribution in [0.3, 0.4) is 0 Å². The predicted octanol–water partition coefficient (Wildman–Crippen LogP) is 4.16. The standard InChI is InChI=1S/C24H28FNO5/c1-24(2,3)31-23(29)26-19(15-14-17-10-6-4-7-11-17)21(27)20(25)22(28)30-16-18-12-8-5-9-13-18/h4-13,19-20H,14-16H2,1-3H3,(H,26,29)/t19-,20?/m0/s1. The zero-order valence-electron chi connectivity index (χ0n) is 18.0. The van der Waals surface area contributed by atoms with E-state index in [1.807, 2.05) is 30.3 Å². The second kappa shape index (κ2) is 11.2. The van der Waals surface area contributed by atoms with Gasteiger partial charge in [0.15, 0.2) is 0 Å². The number of amides is 1. The quantitative estimate of drug-likeness (QED) is 0.478. The number of benzene rings is 2. The maximum Gasteiger partial charge on any atom is 0.408 e. The second-order valence-electron chi connectivity index (χ2n) is 8.08. The van der Waals surface area contributed by atoms with Crippen molar-refractivity contribution in [2.45, 2.75) is 58.0 Å². The number of rotatable bonds is 9. The van der Waals surface area contributed by atoms with E-state index in [1.54, 1.807) is 51.1 Å². The smallest absolute Gasteiger partial charge is 0.408 e. The number of esters is 1. The molecule has 0 bridgehead atoms. The van der Waals surface area contributed by atoms with Crippen molar-refractivity contribution in [3.05, 3.63) is 71.8 Å². The summed E-state index contributed by atoms with van der Waals surface area (Å²) in [6.45, 7) is 4.87. The van der Waals surface area contributed by atoms with Crippen LogP contribution in [0.1, 0.15) is 38.3 Å². The maximum atomic E-state index is 14.6. The number of ether oxygens (including phenoxy) is 2. The van der Waals surface area contributed by atoms with Crippen molar-refractivity contribution >= 4 is 17.8 Å². The minimum Gasteiger partial charge on any atom is -0.458 e. The Morgan fingerprint density at radius 2 is 1.48 bits per heavy atom. The lowest BCUT2D eigenvalue weighted by Crippen LogP contribution is -2.48. The Hall–Kier alpha value is -3.22. The van der Waals surface area contributed by atoms with Crippen LogP contribution in [-0.2, 0) is 32.1 Å². The first-order valence-electron chi connectivity index (χ1n) is 10.1. The van der Waals surface area contributed by atoms with E-state index in [0.29, 0.717) is 12.0 Å². The van der Waals surface area contributed by atoms with Crippen LogP contribution >= 0.6 is 0 Å². The molecular formula is C24H28FNO5. The summed E-state index contributed by atoms with van der Waals surface area (Å²) >= 11 is 0. The molecule has 0 aliphatic rings. The van der Waals surface area contributed by atoms with Crippen molar-refractivity contribution < 1.29 is 28.2 Å². The molecule has 166 valence electrons. The Labute approximate surface area is 181 Å². The summed E-state index contributed by atoms with van der Waals surface area (Å²) in [5.74, 6) is -2.36. The van der Waals surface area contributed by atoms with Gasteiger partial charge in [0.05, 0.1) is 6.04 Å². The SMILES string of the molecule is CC(C)(C)OC(=O)N[C@@H](CCc1ccccc1)C(=O)C(F)C(=O)OCc1ccccc1. The monoisotopic (exact) mass is 429 g/mol. The average molecular weight is 429 g/mol. The summed E-state index contributed by atoms with van der Waals surface area (Å²) in [6.07, 6.45) is -2.86. The number of Topliss-reactive ketones (excluding diaryl/α,β-unsaturated/α-hetero) is 1. The van der Waals surface area contributed by atoms with Crippen molar-refractivity contribution in [2.75, 3.05) is 0 Å². The molecule has 2 aromatic carbocycles. The molecule has 0 saturated carbocycles. The van der Waals surface area contributed by atoms with Gasteiger partial charge in [-0.2, -0.15) is 0 Å². The molecule has 0 aliphatic heterocycles. The van der Waals surface area contributed by atoms with Gasteiger partial charge in [-0.25, -0.2) is 14.0 Å². The Balaban J connectivity index is 2.03. The highest BCUT2D eigenvalue weighted by atomic mass is 19.1. The van der Waals surface area contributed by atoms with Gasteiger partial charge in [-0.15, -0.1) is 0 Å². The third-order valence-corrected chi connectivity index (χ3v) is 4.28. The largest absolute Gasteiger partial charge is 0.458 e. The third kappa shape index (κ3) is 8.58. The lowest BCUT2D eigenvalue weighted by Gasteiger charge is -2.23. The van der Waals surface area contributed by atoms with E-state index in [0.717, 1.165) is 5.56 Å². The van der Waals surface area contributed by atoms with Crippen molar-refractivity contribution in [2.24, 2.45) is 0 Å². The Morgan fingerprint density at radius 1 is 0.935 bits per heavy atom. The fraction of sp³-hybridized carbons (Fsp3) is 0.375. The molecule has 0 aliphatic carbocycles. The van der Waals surface area contributed by atoms with Gasteiger partial charge < -0.3 is 14.8 Å². The van der Waals surface area contributed by atoms with Gasteiger partial charge in [-0.05, 0) is 44.7 Å². The van der Waals surface area contributed by atoms with Crippen LogP contribution in [0.15, 0.2) is 60.7 Å². The number of hydrogen-bond donors (Lipinski definition) is 1. The summed E-state index contributed by atoms with van der Waals surface area (Å²) in [6, 6.07) is 16.7. The van der Waals surface area contributed by atoms with Crippen molar-refractivity contribution in [3.63, 3.8) is 0 Å². The zero-order chi connectivity index (χ0) is 22.9. The van der Waals surface area contributed by atoms with E-state index in [4.69, 9.17) is 9.47 Å². The van der Waals surface area contributed by atoms with Crippen LogP contribution in [0, 0.1) is 0 Å². The number of alkyl carbamates (subject to hydrolysis) is 1. The topological polar surface area (TPSA) is 81.7 Å². The highest BCUT2D eigenvalue weighted by Gasteiger charge is 2.35. The molecule has 0 spiro atoms. The molecule has 0 aromatic heterocycles. The van der Waals surface area contributed by atoms with Crippen molar-refractivity contribution in [1.29, 1.82) is 0 Å². The fourth-order valence-corrected chi connectivity index (χ4v) is 2.79. The molecule has 7 heteroatoms. The molecule has 2 atom stereocenters. The van der Waals surface area contributed by atoms with Gasteiger partial charge in [0.25, 0.3) is 6.17 Å². The number of alkyl halides is 1. The number of ketones is 1. The molecule has 0 fully saturated rings. The van der Waals surface area contributed by atoms with Gasteiger partial charge in [0, 0.05) is 0 Å². The highest BCUT2D eigenvalue weighted by molar-refractivity contribution is 6.05.